The number of aryl methyl sites for hydroxylation is 1. The van der Waals surface area contributed by atoms with Crippen LogP contribution in [0.5, 0.6) is 5.75 Å². The third-order valence-electron chi connectivity index (χ3n) is 6.12. The number of nitrogens with one attached hydrogen (secondary N) is 1. The zero-order chi connectivity index (χ0) is 24.5. The second kappa shape index (κ2) is 9.55. The highest BCUT2D eigenvalue weighted by atomic mass is 32.2. The molecule has 0 bridgehead atoms. The van der Waals surface area contributed by atoms with E-state index in [0.29, 0.717) is 36.0 Å². The fourth-order valence-electron chi connectivity index (χ4n) is 4.05. The van der Waals surface area contributed by atoms with E-state index in [9.17, 15) is 18.0 Å². The molecule has 2 heterocycles. The topological polar surface area (TPSA) is 111 Å². The Labute approximate surface area is 198 Å². The summed E-state index contributed by atoms with van der Waals surface area (Å²) in [4.78, 5) is 30.1. The maximum absolute atomic E-state index is 13.1. The summed E-state index contributed by atoms with van der Waals surface area (Å²) >= 11 is 0. The summed E-state index contributed by atoms with van der Waals surface area (Å²) in [5.74, 6) is 0.564. The van der Waals surface area contributed by atoms with Gasteiger partial charge in [0.25, 0.3) is 5.56 Å². The number of amides is 1. The fraction of sp³-hybridized carbons (Fsp3) is 0.375. The van der Waals surface area contributed by atoms with Gasteiger partial charge in [-0.15, -0.1) is 0 Å². The molecule has 0 saturated carbocycles. The number of methoxy groups -OCH3 is 1. The molecule has 1 aliphatic rings. The number of benzene rings is 2. The molecule has 0 aliphatic carbocycles. The molecule has 1 saturated heterocycles. The maximum atomic E-state index is 13.1. The first-order chi connectivity index (χ1) is 16.2. The standard InChI is InChI=1S/C24H28N4O5S/c1-16-8-10-28(11-9-16)34(31,32)18-5-6-20-19(13-18)24(30)27(15-25-20)14-23(29)26-21-12-17(2)4-7-22(21)33-3/h4-7,12-13,15-16H,8-11,14H2,1-3H3,(H,26,29). The van der Waals surface area contributed by atoms with Gasteiger partial charge in [-0.2, -0.15) is 4.31 Å². The maximum Gasteiger partial charge on any atom is 0.261 e. The Morgan fingerprint density at radius 3 is 2.62 bits per heavy atom. The number of sulfonamides is 1. The molecule has 2 aromatic carbocycles. The number of hydrogen-bond acceptors (Lipinski definition) is 6. The van der Waals surface area contributed by atoms with Crippen LogP contribution < -0.4 is 15.6 Å². The van der Waals surface area contributed by atoms with E-state index >= 15 is 0 Å². The van der Waals surface area contributed by atoms with E-state index < -0.39 is 21.5 Å². The molecule has 34 heavy (non-hydrogen) atoms. The summed E-state index contributed by atoms with van der Waals surface area (Å²) in [7, 11) is -2.21. The van der Waals surface area contributed by atoms with Crippen LogP contribution in [0.3, 0.4) is 0 Å². The molecule has 4 rings (SSSR count). The number of rotatable bonds is 6. The van der Waals surface area contributed by atoms with E-state index in [2.05, 4.69) is 17.2 Å². The number of fused-ring (bicyclic) bond motifs is 1. The van der Waals surface area contributed by atoms with Gasteiger partial charge in [0.15, 0.2) is 0 Å². The van der Waals surface area contributed by atoms with Crippen molar-refractivity contribution in [1.29, 1.82) is 0 Å². The van der Waals surface area contributed by atoms with Crippen LogP contribution in [0, 0.1) is 12.8 Å². The molecule has 1 amide bonds. The largest absolute Gasteiger partial charge is 0.495 e. The number of nitrogens with zero attached hydrogens (tertiary/aromatic N) is 3. The average molecular weight is 485 g/mol. The van der Waals surface area contributed by atoms with Crippen LogP contribution in [0.1, 0.15) is 25.3 Å². The minimum absolute atomic E-state index is 0.0557. The van der Waals surface area contributed by atoms with E-state index in [-0.39, 0.29) is 16.8 Å². The van der Waals surface area contributed by atoms with Crippen molar-refractivity contribution in [3.05, 3.63) is 58.6 Å². The van der Waals surface area contributed by atoms with Gasteiger partial charge in [0.05, 0.1) is 34.9 Å². The molecule has 0 radical (unpaired) electrons. The zero-order valence-corrected chi connectivity index (χ0v) is 20.3. The summed E-state index contributed by atoms with van der Waals surface area (Å²) in [5, 5.41) is 2.90. The summed E-state index contributed by atoms with van der Waals surface area (Å²) in [6, 6.07) is 9.75. The second-order valence-electron chi connectivity index (χ2n) is 8.70. The first kappa shape index (κ1) is 23.9. The molecule has 1 N–H and O–H groups in total. The summed E-state index contributed by atoms with van der Waals surface area (Å²) in [5.41, 5.74) is 1.32. The van der Waals surface area contributed by atoms with Gasteiger partial charge in [-0.05, 0) is 61.6 Å². The Morgan fingerprint density at radius 2 is 1.91 bits per heavy atom. The predicted molar refractivity (Wildman–Crippen MR) is 130 cm³/mol. The van der Waals surface area contributed by atoms with Gasteiger partial charge in [0, 0.05) is 13.1 Å². The molecule has 3 aromatic rings. The van der Waals surface area contributed by atoms with Gasteiger partial charge >= 0.3 is 0 Å². The van der Waals surface area contributed by atoms with Crippen LogP contribution in [0.4, 0.5) is 5.69 Å². The van der Waals surface area contributed by atoms with E-state index in [0.717, 1.165) is 18.4 Å². The van der Waals surface area contributed by atoms with E-state index in [1.807, 2.05) is 13.0 Å². The van der Waals surface area contributed by atoms with Crippen molar-refractivity contribution in [2.45, 2.75) is 38.1 Å². The van der Waals surface area contributed by atoms with Crippen molar-refractivity contribution in [2.75, 3.05) is 25.5 Å². The lowest BCUT2D eigenvalue weighted by atomic mass is 10.0. The highest BCUT2D eigenvalue weighted by molar-refractivity contribution is 7.89. The van der Waals surface area contributed by atoms with E-state index in [4.69, 9.17) is 4.74 Å². The first-order valence-electron chi connectivity index (χ1n) is 11.1. The number of hydrogen-bond donors (Lipinski definition) is 1. The molecule has 0 spiro atoms. The summed E-state index contributed by atoms with van der Waals surface area (Å²) in [6.07, 6.45) is 2.90. The van der Waals surface area contributed by atoms with Crippen LogP contribution in [0.15, 0.2) is 52.4 Å². The van der Waals surface area contributed by atoms with Crippen molar-refractivity contribution in [1.82, 2.24) is 13.9 Å². The molecule has 1 aromatic heterocycles. The highest BCUT2D eigenvalue weighted by Crippen LogP contribution is 2.26. The molecule has 0 unspecified atom stereocenters. The summed E-state index contributed by atoms with van der Waals surface area (Å²) in [6.45, 7) is 4.64. The van der Waals surface area contributed by atoms with Gasteiger partial charge in [-0.3, -0.25) is 14.2 Å². The molecule has 9 nitrogen and oxygen atoms in total. The SMILES string of the molecule is COc1ccc(C)cc1NC(=O)Cn1cnc2ccc(S(=O)(=O)N3CCC(C)CC3)cc2c1=O. The molecule has 10 heteroatoms. The molecule has 180 valence electrons. The van der Waals surface area contributed by atoms with Crippen molar-refractivity contribution in [3.8, 4) is 5.75 Å². The molecular formula is C24H28N4O5S. The van der Waals surface area contributed by atoms with Crippen molar-refractivity contribution >= 4 is 32.5 Å². The van der Waals surface area contributed by atoms with Crippen molar-refractivity contribution in [2.24, 2.45) is 5.92 Å². The Bertz CT molecular complexity index is 1390. The molecule has 1 fully saturated rings. The zero-order valence-electron chi connectivity index (χ0n) is 19.4. The van der Waals surface area contributed by atoms with Gasteiger partial charge in [0.1, 0.15) is 12.3 Å². The average Bonchev–Trinajstić information content (AvgIpc) is 2.81. The number of piperidine rings is 1. The Kier molecular flexibility index (Phi) is 6.72. The number of anilines is 1. The molecule has 0 atom stereocenters. The van der Waals surface area contributed by atoms with Crippen LogP contribution in [-0.2, 0) is 21.4 Å². The Morgan fingerprint density at radius 1 is 1.18 bits per heavy atom. The smallest absolute Gasteiger partial charge is 0.261 e. The quantitative estimate of drug-likeness (QED) is 0.576. The first-order valence-corrected chi connectivity index (χ1v) is 12.6. The lowest BCUT2D eigenvalue weighted by Crippen LogP contribution is -2.38. The van der Waals surface area contributed by atoms with Gasteiger partial charge < -0.3 is 10.1 Å². The van der Waals surface area contributed by atoms with Crippen LogP contribution in [-0.4, -0.2) is 48.4 Å². The summed E-state index contributed by atoms with van der Waals surface area (Å²) < 4.78 is 34.2. The van der Waals surface area contributed by atoms with Crippen molar-refractivity contribution < 1.29 is 17.9 Å². The number of carbonyl (C=O) groups excluding carboxylic acids is 1. The molecular weight excluding hydrogens is 456 g/mol. The van der Waals surface area contributed by atoms with Gasteiger partial charge in [-0.25, -0.2) is 13.4 Å². The second-order valence-corrected chi connectivity index (χ2v) is 10.6. The van der Waals surface area contributed by atoms with Gasteiger partial charge in [0.2, 0.25) is 15.9 Å². The highest BCUT2D eigenvalue weighted by Gasteiger charge is 2.28. The minimum atomic E-state index is -3.72. The van der Waals surface area contributed by atoms with Crippen LogP contribution >= 0.6 is 0 Å². The third-order valence-corrected chi connectivity index (χ3v) is 8.01. The minimum Gasteiger partial charge on any atom is -0.495 e. The lowest BCUT2D eigenvalue weighted by molar-refractivity contribution is -0.116. The number of carbonyl (C=O) groups is 1. The van der Waals surface area contributed by atoms with Crippen LogP contribution in [0.25, 0.3) is 10.9 Å². The number of aromatic nitrogens is 2. The predicted octanol–water partition coefficient (Wildman–Crippen LogP) is 2.77. The van der Waals surface area contributed by atoms with Crippen molar-refractivity contribution in [3.63, 3.8) is 0 Å². The Balaban J connectivity index is 1.60. The lowest BCUT2D eigenvalue weighted by Gasteiger charge is -2.29. The van der Waals surface area contributed by atoms with E-state index in [1.165, 1.54) is 40.5 Å². The fourth-order valence-corrected chi connectivity index (χ4v) is 5.55. The molecule has 1 aliphatic heterocycles. The van der Waals surface area contributed by atoms with E-state index in [1.54, 1.807) is 12.1 Å². The number of ether oxygens (including phenoxy) is 1. The van der Waals surface area contributed by atoms with Gasteiger partial charge in [-0.1, -0.05) is 13.0 Å². The third kappa shape index (κ3) is 4.83. The normalized spacial score (nSPS) is 15.4. The van der Waals surface area contributed by atoms with Crippen LogP contribution in [0.2, 0.25) is 0 Å². The Hall–Kier alpha value is -3.24. The monoisotopic (exact) mass is 484 g/mol.